The lowest BCUT2D eigenvalue weighted by Crippen LogP contribution is -2.23. The zero-order valence-electron chi connectivity index (χ0n) is 12.1. The lowest BCUT2D eigenvalue weighted by Gasteiger charge is -2.20. The van der Waals surface area contributed by atoms with Crippen LogP contribution >= 0.6 is 11.6 Å². The number of nitrogens with one attached hydrogen (secondary N) is 1. The van der Waals surface area contributed by atoms with Gasteiger partial charge in [-0.2, -0.15) is 0 Å². The van der Waals surface area contributed by atoms with Crippen molar-refractivity contribution in [1.29, 1.82) is 0 Å². The number of hydrogen-bond donors (Lipinski definition) is 1. The van der Waals surface area contributed by atoms with Crippen molar-refractivity contribution in [2.24, 2.45) is 0 Å². The van der Waals surface area contributed by atoms with Gasteiger partial charge in [-0.3, -0.25) is 0 Å². The van der Waals surface area contributed by atoms with Crippen molar-refractivity contribution in [1.82, 2.24) is 5.32 Å². The summed E-state index contributed by atoms with van der Waals surface area (Å²) in [7, 11) is 0. The van der Waals surface area contributed by atoms with Crippen LogP contribution in [0.2, 0.25) is 5.02 Å². The smallest absolute Gasteiger partial charge is 0.123 e. The average molecular weight is 310 g/mol. The zero-order chi connectivity index (χ0) is 15.4. The van der Waals surface area contributed by atoms with E-state index in [2.05, 4.69) is 5.32 Å². The molecule has 0 aliphatic carbocycles. The minimum absolute atomic E-state index is 0.108. The maximum Gasteiger partial charge on any atom is 0.123 e. The minimum atomic E-state index is -0.319. The first kappa shape index (κ1) is 15.9. The van der Waals surface area contributed by atoms with Crippen LogP contribution in [0.15, 0.2) is 36.4 Å². The minimum Gasteiger partial charge on any atom is -0.310 e. The van der Waals surface area contributed by atoms with E-state index in [-0.39, 0.29) is 17.7 Å². The zero-order valence-corrected chi connectivity index (χ0v) is 12.8. The molecule has 0 radical (unpaired) electrons. The molecule has 4 heteroatoms. The third kappa shape index (κ3) is 4.26. The normalized spacial score (nSPS) is 12.4. The Kier molecular flexibility index (Phi) is 5.32. The molecule has 0 spiro atoms. The molecule has 0 saturated carbocycles. The summed E-state index contributed by atoms with van der Waals surface area (Å²) >= 11 is 6.12. The molecule has 0 aromatic heterocycles. The molecule has 1 unspecified atom stereocenters. The number of halogens is 3. The molecule has 2 rings (SSSR count). The number of aryl methyl sites for hydroxylation is 1. The molecule has 2 aromatic carbocycles. The van der Waals surface area contributed by atoms with Crippen LogP contribution in [0.3, 0.4) is 0 Å². The molecule has 21 heavy (non-hydrogen) atoms. The van der Waals surface area contributed by atoms with Gasteiger partial charge in [-0.05, 0) is 66.9 Å². The van der Waals surface area contributed by atoms with E-state index in [1.165, 1.54) is 24.3 Å². The molecule has 0 fully saturated rings. The predicted octanol–water partition coefficient (Wildman–Crippen LogP) is 4.82. The second kappa shape index (κ2) is 7.01. The van der Waals surface area contributed by atoms with E-state index in [0.29, 0.717) is 17.0 Å². The highest BCUT2D eigenvalue weighted by Crippen LogP contribution is 2.25. The first-order valence-electron chi connectivity index (χ1n) is 6.94. The fraction of sp³-hybridized carbons (Fsp3) is 0.294. The Balaban J connectivity index is 2.32. The molecule has 1 atom stereocenters. The van der Waals surface area contributed by atoms with Crippen molar-refractivity contribution in [2.75, 3.05) is 6.54 Å². The van der Waals surface area contributed by atoms with E-state index in [4.69, 9.17) is 11.6 Å². The molecule has 2 aromatic rings. The Morgan fingerprint density at radius 3 is 2.52 bits per heavy atom. The van der Waals surface area contributed by atoms with Crippen molar-refractivity contribution in [3.8, 4) is 0 Å². The molecule has 0 saturated heterocycles. The first-order chi connectivity index (χ1) is 9.99. The largest absolute Gasteiger partial charge is 0.310 e. The van der Waals surface area contributed by atoms with Crippen molar-refractivity contribution in [2.45, 2.75) is 26.3 Å². The average Bonchev–Trinajstić information content (AvgIpc) is 2.41. The molecule has 0 amide bonds. The fourth-order valence-corrected chi connectivity index (χ4v) is 2.63. The Bertz CT molecular complexity index is 608. The lowest BCUT2D eigenvalue weighted by atomic mass is 9.97. The van der Waals surface area contributed by atoms with Gasteiger partial charge < -0.3 is 5.32 Å². The van der Waals surface area contributed by atoms with Gasteiger partial charge in [-0.25, -0.2) is 8.78 Å². The summed E-state index contributed by atoms with van der Waals surface area (Å²) in [6.07, 6.45) is 0.507. The summed E-state index contributed by atoms with van der Waals surface area (Å²) in [6, 6.07) is 9.13. The number of likely N-dealkylation sites (N-methyl/N-ethyl adjacent to an activating group) is 1. The Hall–Kier alpha value is -1.45. The van der Waals surface area contributed by atoms with Gasteiger partial charge in [0.05, 0.1) is 0 Å². The van der Waals surface area contributed by atoms with Crippen molar-refractivity contribution in [3.05, 3.63) is 69.7 Å². The van der Waals surface area contributed by atoms with Gasteiger partial charge in [0, 0.05) is 11.1 Å². The molecule has 0 bridgehead atoms. The highest BCUT2D eigenvalue weighted by Gasteiger charge is 2.15. The molecule has 0 heterocycles. The van der Waals surface area contributed by atoms with Gasteiger partial charge in [0.1, 0.15) is 11.6 Å². The first-order valence-corrected chi connectivity index (χ1v) is 7.31. The van der Waals surface area contributed by atoms with E-state index >= 15 is 0 Å². The van der Waals surface area contributed by atoms with Gasteiger partial charge in [-0.1, -0.05) is 24.6 Å². The molecular formula is C17H18ClF2N. The third-order valence-electron chi connectivity index (χ3n) is 3.35. The number of hydrogen-bond acceptors (Lipinski definition) is 1. The van der Waals surface area contributed by atoms with Crippen molar-refractivity contribution in [3.63, 3.8) is 0 Å². The van der Waals surface area contributed by atoms with Crippen LogP contribution in [-0.2, 0) is 6.42 Å². The van der Waals surface area contributed by atoms with E-state index in [1.54, 1.807) is 6.07 Å². The molecule has 0 aliphatic rings. The van der Waals surface area contributed by atoms with Crippen LogP contribution in [0.5, 0.6) is 0 Å². The fourth-order valence-electron chi connectivity index (χ4n) is 2.44. The van der Waals surface area contributed by atoms with Gasteiger partial charge in [0.25, 0.3) is 0 Å². The quantitative estimate of drug-likeness (QED) is 0.835. The standard InChI is InChI=1S/C17H18ClF2N/c1-3-21-17(13-6-11(2)7-15(20)9-13)10-12-8-14(19)4-5-16(12)18/h4-9,17,21H,3,10H2,1-2H3. The van der Waals surface area contributed by atoms with Crippen LogP contribution in [0.1, 0.15) is 29.7 Å². The maximum absolute atomic E-state index is 13.6. The summed E-state index contributed by atoms with van der Waals surface area (Å²) < 4.78 is 27.0. The Morgan fingerprint density at radius 1 is 1.10 bits per heavy atom. The Labute approximate surface area is 128 Å². The molecule has 1 nitrogen and oxygen atoms in total. The molecule has 0 aliphatic heterocycles. The van der Waals surface area contributed by atoms with Gasteiger partial charge in [-0.15, -0.1) is 0 Å². The van der Waals surface area contributed by atoms with Gasteiger partial charge in [0.2, 0.25) is 0 Å². The SMILES string of the molecule is CCNC(Cc1cc(F)ccc1Cl)c1cc(C)cc(F)c1. The lowest BCUT2D eigenvalue weighted by molar-refractivity contribution is 0.539. The molecule has 1 N–H and O–H groups in total. The van der Waals surface area contributed by atoms with E-state index in [9.17, 15) is 8.78 Å². The summed E-state index contributed by atoms with van der Waals surface area (Å²) in [5.41, 5.74) is 2.41. The second-order valence-corrected chi connectivity index (χ2v) is 5.52. The number of benzene rings is 2. The number of rotatable bonds is 5. The maximum atomic E-state index is 13.6. The van der Waals surface area contributed by atoms with Crippen LogP contribution in [0.4, 0.5) is 8.78 Å². The van der Waals surface area contributed by atoms with E-state index < -0.39 is 0 Å². The third-order valence-corrected chi connectivity index (χ3v) is 3.72. The van der Waals surface area contributed by atoms with Crippen LogP contribution in [0.25, 0.3) is 0 Å². The van der Waals surface area contributed by atoms with Crippen molar-refractivity contribution < 1.29 is 8.78 Å². The summed E-state index contributed by atoms with van der Waals surface area (Å²) in [5.74, 6) is -0.585. The second-order valence-electron chi connectivity index (χ2n) is 5.11. The Morgan fingerprint density at radius 2 is 1.86 bits per heavy atom. The molecule has 112 valence electrons. The topological polar surface area (TPSA) is 12.0 Å². The summed E-state index contributed by atoms with van der Waals surface area (Å²) in [5, 5.41) is 3.82. The highest BCUT2D eigenvalue weighted by atomic mass is 35.5. The van der Waals surface area contributed by atoms with Gasteiger partial charge in [0.15, 0.2) is 0 Å². The van der Waals surface area contributed by atoms with E-state index in [0.717, 1.165) is 17.7 Å². The summed E-state index contributed by atoms with van der Waals surface area (Å²) in [4.78, 5) is 0. The molecular weight excluding hydrogens is 292 g/mol. The van der Waals surface area contributed by atoms with E-state index in [1.807, 2.05) is 19.9 Å². The summed E-state index contributed by atoms with van der Waals surface area (Å²) in [6.45, 7) is 4.56. The van der Waals surface area contributed by atoms with Crippen molar-refractivity contribution >= 4 is 11.6 Å². The monoisotopic (exact) mass is 309 g/mol. The van der Waals surface area contributed by atoms with Crippen LogP contribution in [0, 0.1) is 18.6 Å². The van der Waals surface area contributed by atoms with Crippen LogP contribution < -0.4 is 5.32 Å². The highest BCUT2D eigenvalue weighted by molar-refractivity contribution is 6.31. The predicted molar refractivity (Wildman–Crippen MR) is 82.7 cm³/mol. The van der Waals surface area contributed by atoms with Gasteiger partial charge >= 0.3 is 0 Å². The van der Waals surface area contributed by atoms with Crippen LogP contribution in [-0.4, -0.2) is 6.54 Å².